The molecular weight excluding hydrogens is 256 g/mol. The number of piperazine rings is 1. The molecule has 20 heavy (non-hydrogen) atoms. The molecule has 0 atom stereocenters. The van der Waals surface area contributed by atoms with E-state index in [0.29, 0.717) is 31.7 Å². The van der Waals surface area contributed by atoms with Crippen LogP contribution in [0, 0.1) is 0 Å². The van der Waals surface area contributed by atoms with E-state index in [2.05, 4.69) is 9.97 Å². The lowest BCUT2D eigenvalue weighted by atomic mass is 10.2. The van der Waals surface area contributed by atoms with E-state index in [-0.39, 0.29) is 11.8 Å². The van der Waals surface area contributed by atoms with Crippen LogP contribution in [0.5, 0.6) is 0 Å². The Hall–Kier alpha value is -2.37. The molecule has 1 aliphatic rings. The van der Waals surface area contributed by atoms with Crippen molar-refractivity contribution in [3.05, 3.63) is 30.1 Å². The molecular formula is C14H16N4O2. The van der Waals surface area contributed by atoms with Gasteiger partial charge in [0.15, 0.2) is 0 Å². The number of amides is 2. The van der Waals surface area contributed by atoms with E-state index in [1.165, 1.54) is 0 Å². The number of nitrogens with one attached hydrogen (secondary N) is 1. The molecule has 1 N–H and O–H groups in total. The number of carbonyl (C=O) groups excluding carboxylic acids is 2. The number of carbonyl (C=O) groups is 2. The number of fused-ring (bicyclic) bond motifs is 1. The Balaban J connectivity index is 1.78. The minimum Gasteiger partial charge on any atom is -0.345 e. The highest BCUT2D eigenvalue weighted by Gasteiger charge is 2.24. The quantitative estimate of drug-likeness (QED) is 0.837. The fourth-order valence-corrected chi connectivity index (χ4v) is 2.53. The highest BCUT2D eigenvalue weighted by Crippen LogP contribution is 2.18. The SMILES string of the molecule is CC(=O)N1CCN(C(=O)c2c[nH]c3ncccc23)CC1. The van der Waals surface area contributed by atoms with Gasteiger partial charge in [-0.3, -0.25) is 9.59 Å². The van der Waals surface area contributed by atoms with Crippen LogP contribution < -0.4 is 0 Å². The van der Waals surface area contributed by atoms with Crippen LogP contribution in [-0.2, 0) is 4.79 Å². The zero-order chi connectivity index (χ0) is 14.1. The van der Waals surface area contributed by atoms with Crippen molar-refractivity contribution in [3.63, 3.8) is 0 Å². The fraction of sp³-hybridized carbons (Fsp3) is 0.357. The summed E-state index contributed by atoms with van der Waals surface area (Å²) in [6.07, 6.45) is 3.40. The average molecular weight is 272 g/mol. The first kappa shape index (κ1) is 12.7. The van der Waals surface area contributed by atoms with Gasteiger partial charge in [0, 0.05) is 50.9 Å². The smallest absolute Gasteiger partial charge is 0.256 e. The largest absolute Gasteiger partial charge is 0.345 e. The maximum absolute atomic E-state index is 12.5. The molecule has 3 heterocycles. The molecule has 0 bridgehead atoms. The van der Waals surface area contributed by atoms with Crippen molar-refractivity contribution in [2.24, 2.45) is 0 Å². The van der Waals surface area contributed by atoms with Gasteiger partial charge in [-0.1, -0.05) is 0 Å². The third kappa shape index (κ3) is 2.13. The molecule has 1 fully saturated rings. The Morgan fingerprint density at radius 1 is 1.20 bits per heavy atom. The van der Waals surface area contributed by atoms with Crippen molar-refractivity contribution in [2.45, 2.75) is 6.92 Å². The number of aromatic amines is 1. The first-order chi connectivity index (χ1) is 9.66. The lowest BCUT2D eigenvalue weighted by Crippen LogP contribution is -2.50. The number of H-pyrrole nitrogens is 1. The summed E-state index contributed by atoms with van der Waals surface area (Å²) in [5.41, 5.74) is 1.36. The van der Waals surface area contributed by atoms with E-state index in [9.17, 15) is 9.59 Å². The molecule has 3 rings (SSSR count). The summed E-state index contributed by atoms with van der Waals surface area (Å²) in [5.74, 6) is 0.0563. The molecule has 0 spiro atoms. The first-order valence-electron chi connectivity index (χ1n) is 6.63. The Kier molecular flexibility index (Phi) is 3.14. The minimum absolute atomic E-state index is 0.00699. The van der Waals surface area contributed by atoms with Crippen LogP contribution in [0.25, 0.3) is 11.0 Å². The summed E-state index contributed by atoms with van der Waals surface area (Å²) < 4.78 is 0. The van der Waals surface area contributed by atoms with Crippen LogP contribution in [0.15, 0.2) is 24.5 Å². The molecule has 0 aromatic carbocycles. The summed E-state index contributed by atoms with van der Waals surface area (Å²) in [5, 5.41) is 0.839. The summed E-state index contributed by atoms with van der Waals surface area (Å²) in [6, 6.07) is 3.71. The van der Waals surface area contributed by atoms with Gasteiger partial charge in [0.25, 0.3) is 5.91 Å². The first-order valence-corrected chi connectivity index (χ1v) is 6.63. The van der Waals surface area contributed by atoms with Crippen LogP contribution >= 0.6 is 0 Å². The van der Waals surface area contributed by atoms with E-state index in [1.54, 1.807) is 29.1 Å². The second-order valence-corrected chi connectivity index (χ2v) is 4.90. The predicted molar refractivity (Wildman–Crippen MR) is 74.3 cm³/mol. The average Bonchev–Trinajstić information content (AvgIpc) is 2.90. The second kappa shape index (κ2) is 4.96. The van der Waals surface area contributed by atoms with Gasteiger partial charge in [0.05, 0.1) is 5.56 Å². The molecule has 6 heteroatoms. The predicted octanol–water partition coefficient (Wildman–Crippen LogP) is 0.867. The van der Waals surface area contributed by atoms with Crippen molar-refractivity contribution >= 4 is 22.8 Å². The molecule has 1 aliphatic heterocycles. The Morgan fingerprint density at radius 2 is 1.90 bits per heavy atom. The van der Waals surface area contributed by atoms with Gasteiger partial charge in [0.2, 0.25) is 5.91 Å². The summed E-state index contributed by atoms with van der Waals surface area (Å²) in [4.78, 5) is 34.6. The zero-order valence-corrected chi connectivity index (χ0v) is 11.3. The lowest BCUT2D eigenvalue weighted by molar-refractivity contribution is -0.130. The molecule has 104 valence electrons. The number of hydrogen-bond donors (Lipinski definition) is 1. The summed E-state index contributed by atoms with van der Waals surface area (Å²) in [7, 11) is 0. The van der Waals surface area contributed by atoms with Crippen LogP contribution in [0.4, 0.5) is 0 Å². The topological polar surface area (TPSA) is 69.3 Å². The molecule has 0 aliphatic carbocycles. The highest BCUT2D eigenvalue weighted by molar-refractivity contribution is 6.05. The summed E-state index contributed by atoms with van der Waals surface area (Å²) >= 11 is 0. The lowest BCUT2D eigenvalue weighted by Gasteiger charge is -2.34. The van der Waals surface area contributed by atoms with E-state index in [4.69, 9.17) is 0 Å². The Morgan fingerprint density at radius 3 is 2.60 bits per heavy atom. The molecule has 2 aromatic heterocycles. The highest BCUT2D eigenvalue weighted by atomic mass is 16.2. The normalized spacial score (nSPS) is 15.7. The minimum atomic E-state index is -0.00699. The van der Waals surface area contributed by atoms with E-state index < -0.39 is 0 Å². The van der Waals surface area contributed by atoms with Crippen LogP contribution in [0.3, 0.4) is 0 Å². The maximum atomic E-state index is 12.5. The number of aromatic nitrogens is 2. The molecule has 6 nitrogen and oxygen atoms in total. The molecule has 2 aromatic rings. The van der Waals surface area contributed by atoms with Crippen molar-refractivity contribution in [1.29, 1.82) is 0 Å². The Labute approximate surface area is 116 Å². The molecule has 0 unspecified atom stereocenters. The van der Waals surface area contributed by atoms with E-state index in [1.807, 2.05) is 12.1 Å². The molecule has 0 radical (unpaired) electrons. The van der Waals surface area contributed by atoms with E-state index in [0.717, 1.165) is 11.0 Å². The third-order valence-electron chi connectivity index (χ3n) is 3.69. The van der Waals surface area contributed by atoms with Gasteiger partial charge in [0.1, 0.15) is 5.65 Å². The van der Waals surface area contributed by atoms with Gasteiger partial charge < -0.3 is 14.8 Å². The Bertz CT molecular complexity index is 656. The number of nitrogens with zero attached hydrogens (tertiary/aromatic N) is 3. The van der Waals surface area contributed by atoms with Crippen molar-refractivity contribution in [3.8, 4) is 0 Å². The number of hydrogen-bond acceptors (Lipinski definition) is 3. The number of rotatable bonds is 1. The third-order valence-corrected chi connectivity index (χ3v) is 3.69. The van der Waals surface area contributed by atoms with Gasteiger partial charge in [-0.2, -0.15) is 0 Å². The van der Waals surface area contributed by atoms with Crippen molar-refractivity contribution < 1.29 is 9.59 Å². The van der Waals surface area contributed by atoms with Crippen LogP contribution in [0.1, 0.15) is 17.3 Å². The van der Waals surface area contributed by atoms with Crippen LogP contribution in [0.2, 0.25) is 0 Å². The zero-order valence-electron chi connectivity index (χ0n) is 11.3. The van der Waals surface area contributed by atoms with Gasteiger partial charge >= 0.3 is 0 Å². The maximum Gasteiger partial charge on any atom is 0.256 e. The van der Waals surface area contributed by atoms with Gasteiger partial charge in [-0.15, -0.1) is 0 Å². The van der Waals surface area contributed by atoms with Crippen molar-refractivity contribution in [1.82, 2.24) is 19.8 Å². The van der Waals surface area contributed by atoms with Crippen molar-refractivity contribution in [2.75, 3.05) is 26.2 Å². The van der Waals surface area contributed by atoms with Gasteiger partial charge in [-0.05, 0) is 12.1 Å². The monoisotopic (exact) mass is 272 g/mol. The number of pyridine rings is 1. The summed E-state index contributed by atoms with van der Waals surface area (Å²) in [6.45, 7) is 3.91. The molecule has 1 saturated heterocycles. The fourth-order valence-electron chi connectivity index (χ4n) is 2.53. The standard InChI is InChI=1S/C14H16N4O2/c1-10(19)17-5-7-18(8-6-17)14(20)12-9-16-13-11(12)3-2-4-15-13/h2-4,9H,5-8H2,1H3,(H,15,16). The van der Waals surface area contributed by atoms with E-state index >= 15 is 0 Å². The second-order valence-electron chi connectivity index (χ2n) is 4.90. The van der Waals surface area contributed by atoms with Crippen LogP contribution in [-0.4, -0.2) is 57.8 Å². The van der Waals surface area contributed by atoms with Gasteiger partial charge in [-0.25, -0.2) is 4.98 Å². The molecule has 2 amide bonds. The molecule has 0 saturated carbocycles.